The fourth-order valence-corrected chi connectivity index (χ4v) is 4.23. The minimum absolute atomic E-state index is 0.0321. The number of carbonyl (C=O) groups is 1. The molecule has 5 heteroatoms. The Morgan fingerprint density at radius 1 is 0.867 bits per heavy atom. The lowest BCUT2D eigenvalue weighted by Crippen LogP contribution is -2.23. The Bertz CT molecular complexity index is 930. The van der Waals surface area contributed by atoms with Gasteiger partial charge in [-0.1, -0.05) is 61.3 Å². The second-order valence-corrected chi connectivity index (χ2v) is 8.56. The minimum atomic E-state index is 0.0321. The van der Waals surface area contributed by atoms with Crippen molar-refractivity contribution in [3.8, 4) is 11.5 Å². The summed E-state index contributed by atoms with van der Waals surface area (Å²) in [6, 6.07) is 11.1. The van der Waals surface area contributed by atoms with Crippen molar-refractivity contribution in [1.82, 2.24) is 0 Å². The van der Waals surface area contributed by atoms with Gasteiger partial charge in [0.15, 0.2) is 5.78 Å². The maximum atomic E-state index is 13.3. The SMILES string of the molecule is COc1cccc(C=C2CC(C(C)C)CC(=Cc3cccc(OC)c3Cl)C2=O)c1Cl. The highest BCUT2D eigenvalue weighted by atomic mass is 35.5. The Morgan fingerprint density at radius 2 is 1.30 bits per heavy atom. The van der Waals surface area contributed by atoms with Gasteiger partial charge < -0.3 is 9.47 Å². The molecule has 3 rings (SSSR count). The second-order valence-electron chi connectivity index (χ2n) is 7.81. The van der Waals surface area contributed by atoms with E-state index in [0.29, 0.717) is 46.2 Å². The van der Waals surface area contributed by atoms with Crippen molar-refractivity contribution < 1.29 is 14.3 Å². The summed E-state index contributed by atoms with van der Waals surface area (Å²) in [6.07, 6.45) is 5.21. The number of methoxy groups -OCH3 is 2. The number of ether oxygens (including phenoxy) is 2. The highest BCUT2D eigenvalue weighted by Gasteiger charge is 2.30. The summed E-state index contributed by atoms with van der Waals surface area (Å²) < 4.78 is 10.6. The third-order valence-corrected chi connectivity index (χ3v) is 6.38. The number of hydrogen-bond acceptors (Lipinski definition) is 3. The zero-order chi connectivity index (χ0) is 21.8. The van der Waals surface area contributed by atoms with Gasteiger partial charge in [-0.3, -0.25) is 4.79 Å². The lowest BCUT2D eigenvalue weighted by Gasteiger charge is -2.28. The largest absolute Gasteiger partial charge is 0.495 e. The van der Waals surface area contributed by atoms with E-state index in [1.807, 2.05) is 36.4 Å². The maximum absolute atomic E-state index is 13.3. The van der Waals surface area contributed by atoms with Crippen molar-refractivity contribution in [3.63, 3.8) is 0 Å². The van der Waals surface area contributed by atoms with Crippen molar-refractivity contribution in [3.05, 3.63) is 68.7 Å². The van der Waals surface area contributed by atoms with Crippen LogP contribution in [0.25, 0.3) is 12.2 Å². The Hall–Kier alpha value is -2.23. The van der Waals surface area contributed by atoms with Crippen LogP contribution in [0.3, 0.4) is 0 Å². The third kappa shape index (κ3) is 4.74. The first-order valence-electron chi connectivity index (χ1n) is 9.96. The van der Waals surface area contributed by atoms with Crippen molar-refractivity contribution in [1.29, 1.82) is 0 Å². The third-order valence-electron chi connectivity index (χ3n) is 5.58. The van der Waals surface area contributed by atoms with E-state index in [1.165, 1.54) is 0 Å². The summed E-state index contributed by atoms with van der Waals surface area (Å²) in [5, 5.41) is 1.02. The smallest absolute Gasteiger partial charge is 0.185 e. The lowest BCUT2D eigenvalue weighted by molar-refractivity contribution is -0.113. The van der Waals surface area contributed by atoms with Gasteiger partial charge in [-0.2, -0.15) is 0 Å². The second kappa shape index (κ2) is 9.72. The highest BCUT2D eigenvalue weighted by Crippen LogP contribution is 2.39. The molecule has 0 heterocycles. The monoisotopic (exact) mass is 444 g/mol. The quantitative estimate of drug-likeness (QED) is 0.460. The van der Waals surface area contributed by atoms with E-state index in [9.17, 15) is 4.79 Å². The van der Waals surface area contributed by atoms with E-state index in [1.54, 1.807) is 26.4 Å². The van der Waals surface area contributed by atoms with Crippen LogP contribution in [0, 0.1) is 11.8 Å². The average Bonchev–Trinajstić information content (AvgIpc) is 2.73. The zero-order valence-electron chi connectivity index (χ0n) is 17.7. The van der Waals surface area contributed by atoms with E-state index >= 15 is 0 Å². The van der Waals surface area contributed by atoms with E-state index in [-0.39, 0.29) is 5.78 Å². The number of carbonyl (C=O) groups excluding carboxylic acids is 1. The first-order chi connectivity index (χ1) is 14.3. The van der Waals surface area contributed by atoms with Crippen LogP contribution in [0.2, 0.25) is 10.0 Å². The molecule has 0 aromatic heterocycles. The molecule has 158 valence electrons. The molecule has 1 aliphatic carbocycles. The molecule has 0 aliphatic heterocycles. The fraction of sp³-hybridized carbons (Fsp3) is 0.320. The van der Waals surface area contributed by atoms with Crippen molar-refractivity contribution in [2.75, 3.05) is 14.2 Å². The van der Waals surface area contributed by atoms with E-state index in [0.717, 1.165) is 22.3 Å². The minimum Gasteiger partial charge on any atom is -0.495 e. The summed E-state index contributed by atoms with van der Waals surface area (Å²) in [5.74, 6) is 2.01. The zero-order valence-corrected chi connectivity index (χ0v) is 19.2. The van der Waals surface area contributed by atoms with Gasteiger partial charge in [0.2, 0.25) is 0 Å². The predicted molar refractivity (Wildman–Crippen MR) is 125 cm³/mol. The molecule has 2 aromatic carbocycles. The molecular formula is C25H26Cl2O3. The predicted octanol–water partition coefficient (Wildman–Crippen LogP) is 7.11. The molecule has 0 N–H and O–H groups in total. The summed E-state index contributed by atoms with van der Waals surface area (Å²) in [4.78, 5) is 13.3. The van der Waals surface area contributed by atoms with Gasteiger partial charge in [-0.05, 0) is 60.1 Å². The van der Waals surface area contributed by atoms with Crippen LogP contribution in [-0.2, 0) is 4.79 Å². The number of Topliss-reactive ketones (excluding diaryl/α,β-unsaturated/α-hetero) is 1. The van der Waals surface area contributed by atoms with Gasteiger partial charge in [0.05, 0.1) is 24.3 Å². The van der Waals surface area contributed by atoms with E-state index in [4.69, 9.17) is 32.7 Å². The Balaban J connectivity index is 2.05. The lowest BCUT2D eigenvalue weighted by atomic mass is 9.75. The normalized spacial score (nSPS) is 19.6. The number of allylic oxidation sites excluding steroid dienone is 2. The number of rotatable bonds is 5. The number of ketones is 1. The molecule has 30 heavy (non-hydrogen) atoms. The van der Waals surface area contributed by atoms with Crippen LogP contribution in [-0.4, -0.2) is 20.0 Å². The molecule has 0 bridgehead atoms. The van der Waals surface area contributed by atoms with Gasteiger partial charge in [-0.25, -0.2) is 0 Å². The van der Waals surface area contributed by atoms with Crippen LogP contribution in [0.4, 0.5) is 0 Å². The van der Waals surface area contributed by atoms with Crippen molar-refractivity contribution in [2.45, 2.75) is 26.7 Å². The fourth-order valence-electron chi connectivity index (χ4n) is 3.72. The van der Waals surface area contributed by atoms with Gasteiger partial charge in [0.25, 0.3) is 0 Å². The van der Waals surface area contributed by atoms with Crippen LogP contribution in [0.5, 0.6) is 11.5 Å². The van der Waals surface area contributed by atoms with Crippen molar-refractivity contribution in [2.24, 2.45) is 11.8 Å². The van der Waals surface area contributed by atoms with Gasteiger partial charge in [0.1, 0.15) is 11.5 Å². The molecule has 0 unspecified atom stereocenters. The molecule has 2 aromatic rings. The van der Waals surface area contributed by atoms with Crippen LogP contribution < -0.4 is 9.47 Å². The number of benzene rings is 2. The first kappa shape index (κ1) is 22.5. The van der Waals surface area contributed by atoms with Crippen LogP contribution >= 0.6 is 23.2 Å². The van der Waals surface area contributed by atoms with E-state index < -0.39 is 0 Å². The molecule has 0 atom stereocenters. The van der Waals surface area contributed by atoms with Crippen LogP contribution in [0.1, 0.15) is 37.8 Å². The summed E-state index contributed by atoms with van der Waals surface area (Å²) in [6.45, 7) is 4.37. The molecule has 0 saturated heterocycles. The van der Waals surface area contributed by atoms with Gasteiger partial charge in [0, 0.05) is 11.1 Å². The molecular weight excluding hydrogens is 419 g/mol. The summed E-state index contributed by atoms with van der Waals surface area (Å²) >= 11 is 12.9. The molecule has 3 nitrogen and oxygen atoms in total. The van der Waals surface area contributed by atoms with Gasteiger partial charge in [-0.15, -0.1) is 0 Å². The Labute approximate surface area is 188 Å². The standard InChI is InChI=1S/C25H26Cl2O3/c1-15(2)18-13-19(11-16-7-5-9-21(29-3)23(16)26)25(28)20(14-18)12-17-8-6-10-22(30-4)24(17)27/h5-12,15,18H,13-14H2,1-4H3. The maximum Gasteiger partial charge on any atom is 0.185 e. The van der Waals surface area contributed by atoms with E-state index in [2.05, 4.69) is 13.8 Å². The summed E-state index contributed by atoms with van der Waals surface area (Å²) in [7, 11) is 3.16. The molecule has 1 aliphatic rings. The van der Waals surface area contributed by atoms with Gasteiger partial charge >= 0.3 is 0 Å². The number of hydrogen-bond donors (Lipinski definition) is 0. The topological polar surface area (TPSA) is 35.5 Å². The average molecular weight is 445 g/mol. The molecule has 1 fully saturated rings. The Morgan fingerprint density at radius 3 is 1.67 bits per heavy atom. The first-order valence-corrected chi connectivity index (χ1v) is 10.7. The Kier molecular flexibility index (Phi) is 7.27. The molecule has 0 spiro atoms. The highest BCUT2D eigenvalue weighted by molar-refractivity contribution is 6.34. The summed E-state index contributed by atoms with van der Waals surface area (Å²) in [5.41, 5.74) is 3.06. The van der Waals surface area contributed by atoms with Crippen LogP contribution in [0.15, 0.2) is 47.5 Å². The molecule has 0 amide bonds. The molecule has 1 saturated carbocycles. The van der Waals surface area contributed by atoms with Crippen molar-refractivity contribution >= 4 is 41.1 Å². The number of halogens is 2. The molecule has 0 radical (unpaired) electrons.